The van der Waals surface area contributed by atoms with Gasteiger partial charge in [0, 0.05) is 24.8 Å². The van der Waals surface area contributed by atoms with E-state index in [-0.39, 0.29) is 18.1 Å². The highest BCUT2D eigenvalue weighted by molar-refractivity contribution is 6.15. The van der Waals surface area contributed by atoms with Crippen LogP contribution in [-0.4, -0.2) is 46.2 Å². The maximum Gasteiger partial charge on any atom is 0.325 e. The number of methoxy groups -OCH3 is 1. The predicted octanol–water partition coefficient (Wildman–Crippen LogP) is 3.59. The molecule has 7 nitrogen and oxygen atoms in total. The number of carbonyl (C=O) groups is 2. The molecule has 0 spiro atoms. The van der Waals surface area contributed by atoms with E-state index in [4.69, 9.17) is 0 Å². The number of amidine groups is 1. The van der Waals surface area contributed by atoms with Gasteiger partial charge in [-0.3, -0.25) is 24.5 Å². The maximum atomic E-state index is 12.9. The summed E-state index contributed by atoms with van der Waals surface area (Å²) < 4.78 is 4.69. The molecular formula is C24H20N4O3. The molecule has 2 aromatic heterocycles. The number of carbonyl (C=O) groups excluding carboxylic acids is 2. The fourth-order valence-electron chi connectivity index (χ4n) is 3.39. The van der Waals surface area contributed by atoms with E-state index >= 15 is 0 Å². The van der Waals surface area contributed by atoms with E-state index in [9.17, 15) is 9.59 Å². The Morgan fingerprint density at radius 1 is 0.968 bits per heavy atom. The van der Waals surface area contributed by atoms with E-state index in [1.54, 1.807) is 37.8 Å². The van der Waals surface area contributed by atoms with Crippen molar-refractivity contribution in [2.24, 2.45) is 4.99 Å². The molecule has 154 valence electrons. The Hall–Kier alpha value is -4.13. The number of benzene rings is 1. The van der Waals surface area contributed by atoms with Crippen LogP contribution in [0.2, 0.25) is 0 Å². The standard InChI is InChI=1S/C24H20N4O3/c1-16-27-22(24(30)28(16)15-23(29)31-2)14-20-13-19(17-5-9-25-10-6-17)3-4-21(20)18-7-11-26-12-8-18/h3-14H,15H2,1-2H3/b22-14+. The summed E-state index contributed by atoms with van der Waals surface area (Å²) in [5.41, 5.74) is 5.02. The Kier molecular flexibility index (Phi) is 5.66. The second-order valence-corrected chi connectivity index (χ2v) is 6.93. The van der Waals surface area contributed by atoms with Crippen LogP contribution in [0.25, 0.3) is 28.3 Å². The summed E-state index contributed by atoms with van der Waals surface area (Å²) in [7, 11) is 1.29. The Morgan fingerprint density at radius 3 is 2.26 bits per heavy atom. The van der Waals surface area contributed by atoms with E-state index in [0.717, 1.165) is 27.8 Å². The zero-order valence-corrected chi connectivity index (χ0v) is 17.1. The van der Waals surface area contributed by atoms with Gasteiger partial charge in [-0.25, -0.2) is 4.99 Å². The molecule has 0 saturated carbocycles. The van der Waals surface area contributed by atoms with Crippen molar-refractivity contribution < 1.29 is 14.3 Å². The van der Waals surface area contributed by atoms with E-state index in [1.807, 2.05) is 42.5 Å². The third-order valence-corrected chi connectivity index (χ3v) is 5.00. The molecule has 31 heavy (non-hydrogen) atoms. The number of nitrogens with zero attached hydrogens (tertiary/aromatic N) is 4. The van der Waals surface area contributed by atoms with Gasteiger partial charge in [-0.15, -0.1) is 0 Å². The van der Waals surface area contributed by atoms with Gasteiger partial charge in [0.15, 0.2) is 0 Å². The van der Waals surface area contributed by atoms with E-state index in [1.165, 1.54) is 12.0 Å². The molecule has 0 N–H and O–H groups in total. The molecule has 1 aliphatic rings. The van der Waals surface area contributed by atoms with E-state index < -0.39 is 5.97 Å². The second kappa shape index (κ2) is 8.71. The van der Waals surface area contributed by atoms with Gasteiger partial charge >= 0.3 is 5.97 Å². The number of aromatic nitrogens is 2. The lowest BCUT2D eigenvalue weighted by molar-refractivity contribution is -0.143. The lowest BCUT2D eigenvalue weighted by Gasteiger charge is -2.14. The number of esters is 1. The number of hydrogen-bond donors (Lipinski definition) is 0. The van der Waals surface area contributed by atoms with Crippen LogP contribution in [0.1, 0.15) is 12.5 Å². The van der Waals surface area contributed by atoms with E-state index in [0.29, 0.717) is 5.84 Å². The van der Waals surface area contributed by atoms with Crippen molar-refractivity contribution in [1.29, 1.82) is 0 Å². The minimum atomic E-state index is -0.499. The van der Waals surface area contributed by atoms with Gasteiger partial charge in [-0.05, 0) is 71.1 Å². The van der Waals surface area contributed by atoms with Gasteiger partial charge in [-0.2, -0.15) is 0 Å². The number of hydrogen-bond acceptors (Lipinski definition) is 6. The molecule has 0 atom stereocenters. The molecule has 7 heteroatoms. The third kappa shape index (κ3) is 4.25. The first kappa shape index (κ1) is 20.2. The Bertz CT molecular complexity index is 1190. The average molecular weight is 412 g/mol. The largest absolute Gasteiger partial charge is 0.468 e. The van der Waals surface area contributed by atoms with Gasteiger partial charge in [-0.1, -0.05) is 12.1 Å². The average Bonchev–Trinajstić information content (AvgIpc) is 3.07. The summed E-state index contributed by atoms with van der Waals surface area (Å²) in [4.78, 5) is 38.4. The normalized spacial score (nSPS) is 14.6. The van der Waals surface area contributed by atoms with Crippen LogP contribution in [0.4, 0.5) is 0 Å². The summed E-state index contributed by atoms with van der Waals surface area (Å²) in [5, 5.41) is 0. The summed E-state index contributed by atoms with van der Waals surface area (Å²) in [5.74, 6) is -0.378. The minimum absolute atomic E-state index is 0.170. The zero-order chi connectivity index (χ0) is 21.8. The van der Waals surface area contributed by atoms with E-state index in [2.05, 4.69) is 19.7 Å². The summed E-state index contributed by atoms with van der Waals surface area (Å²) >= 11 is 0. The number of amides is 1. The lowest BCUT2D eigenvalue weighted by atomic mass is 9.95. The fourth-order valence-corrected chi connectivity index (χ4v) is 3.39. The van der Waals surface area contributed by atoms with Crippen LogP contribution in [0.3, 0.4) is 0 Å². The first-order valence-corrected chi connectivity index (χ1v) is 9.67. The quantitative estimate of drug-likeness (QED) is 0.472. The number of pyridine rings is 2. The Balaban J connectivity index is 1.79. The van der Waals surface area contributed by atoms with Crippen molar-refractivity contribution >= 4 is 23.8 Å². The van der Waals surface area contributed by atoms with Gasteiger partial charge < -0.3 is 4.74 Å². The monoisotopic (exact) mass is 412 g/mol. The molecule has 0 aliphatic carbocycles. The molecular weight excluding hydrogens is 392 g/mol. The topological polar surface area (TPSA) is 84.8 Å². The van der Waals surface area contributed by atoms with Crippen LogP contribution in [-0.2, 0) is 14.3 Å². The molecule has 0 radical (unpaired) electrons. The number of aliphatic imine (C=N–C) groups is 1. The molecule has 1 aromatic carbocycles. The Labute approximate surface area is 179 Å². The molecule has 0 unspecified atom stereocenters. The zero-order valence-electron chi connectivity index (χ0n) is 17.1. The van der Waals surface area contributed by atoms with Crippen molar-refractivity contribution in [2.45, 2.75) is 6.92 Å². The van der Waals surface area contributed by atoms with Crippen LogP contribution in [0.5, 0.6) is 0 Å². The first-order chi connectivity index (χ1) is 15.1. The summed E-state index contributed by atoms with van der Waals surface area (Å²) in [6, 6.07) is 13.7. The highest BCUT2D eigenvalue weighted by Gasteiger charge is 2.29. The number of rotatable bonds is 5. The van der Waals surface area contributed by atoms with Crippen LogP contribution < -0.4 is 0 Å². The lowest BCUT2D eigenvalue weighted by Crippen LogP contribution is -2.35. The molecule has 0 saturated heterocycles. The van der Waals surface area contributed by atoms with Crippen LogP contribution in [0.15, 0.2) is 77.9 Å². The van der Waals surface area contributed by atoms with Crippen molar-refractivity contribution in [3.05, 3.63) is 78.5 Å². The molecule has 3 aromatic rings. The molecule has 0 bridgehead atoms. The fraction of sp³-hybridized carbons (Fsp3) is 0.125. The highest BCUT2D eigenvalue weighted by Crippen LogP contribution is 2.31. The van der Waals surface area contributed by atoms with Gasteiger partial charge in [0.2, 0.25) is 0 Å². The SMILES string of the molecule is COC(=O)CN1C(=O)/C(=C\c2cc(-c3ccncc3)ccc2-c2ccncc2)N=C1C. The third-order valence-electron chi connectivity index (χ3n) is 5.00. The molecule has 0 fully saturated rings. The maximum absolute atomic E-state index is 12.9. The molecule has 3 heterocycles. The number of ether oxygens (including phenoxy) is 1. The smallest absolute Gasteiger partial charge is 0.325 e. The van der Waals surface area contributed by atoms with Crippen molar-refractivity contribution in [3.8, 4) is 22.3 Å². The Morgan fingerprint density at radius 2 is 1.61 bits per heavy atom. The second-order valence-electron chi connectivity index (χ2n) is 6.93. The summed E-state index contributed by atoms with van der Waals surface area (Å²) in [6.45, 7) is 1.52. The van der Waals surface area contributed by atoms with Crippen LogP contribution >= 0.6 is 0 Å². The minimum Gasteiger partial charge on any atom is -0.468 e. The van der Waals surface area contributed by atoms with Crippen molar-refractivity contribution in [1.82, 2.24) is 14.9 Å². The highest BCUT2D eigenvalue weighted by atomic mass is 16.5. The van der Waals surface area contributed by atoms with Crippen LogP contribution in [0, 0.1) is 0 Å². The predicted molar refractivity (Wildman–Crippen MR) is 118 cm³/mol. The van der Waals surface area contributed by atoms with Crippen molar-refractivity contribution in [3.63, 3.8) is 0 Å². The molecule has 1 aliphatic heterocycles. The van der Waals surface area contributed by atoms with Gasteiger partial charge in [0.05, 0.1) is 7.11 Å². The summed E-state index contributed by atoms with van der Waals surface area (Å²) in [6.07, 6.45) is 8.68. The first-order valence-electron chi connectivity index (χ1n) is 9.67. The molecule has 4 rings (SSSR count). The van der Waals surface area contributed by atoms with Crippen molar-refractivity contribution in [2.75, 3.05) is 13.7 Å². The molecule has 1 amide bonds. The van der Waals surface area contributed by atoms with Gasteiger partial charge in [0.1, 0.15) is 18.1 Å². The van der Waals surface area contributed by atoms with Gasteiger partial charge in [0.25, 0.3) is 5.91 Å².